The van der Waals surface area contributed by atoms with Crippen molar-refractivity contribution < 1.29 is 17.5 Å². The van der Waals surface area contributed by atoms with Gasteiger partial charge in [-0.25, -0.2) is 8.42 Å². The van der Waals surface area contributed by atoms with Gasteiger partial charge in [0, 0.05) is 25.1 Å². The molecule has 0 aliphatic carbocycles. The fraction of sp³-hybridized carbons (Fsp3) is 1.00. The fourth-order valence-corrected chi connectivity index (χ4v) is 4.82. The molecule has 6 heteroatoms. The van der Waals surface area contributed by atoms with E-state index in [1.165, 1.54) is 103 Å². The molecule has 0 aromatic heterocycles. The summed E-state index contributed by atoms with van der Waals surface area (Å²) in [5.41, 5.74) is 0. The van der Waals surface area contributed by atoms with E-state index in [1.54, 1.807) is 0 Å². The molecule has 0 fully saturated rings. The van der Waals surface area contributed by atoms with Gasteiger partial charge in [-0.1, -0.05) is 103 Å². The summed E-state index contributed by atoms with van der Waals surface area (Å²) in [4.78, 5) is 0. The highest BCUT2D eigenvalue weighted by Gasteiger charge is 2.14. The van der Waals surface area contributed by atoms with Crippen LogP contribution >= 0.6 is 0 Å². The van der Waals surface area contributed by atoms with Gasteiger partial charge in [-0.3, -0.25) is 0 Å². The Morgan fingerprint density at radius 1 is 0.594 bits per heavy atom. The van der Waals surface area contributed by atoms with E-state index < -0.39 is 10.1 Å². The third-order valence-corrected chi connectivity index (χ3v) is 7.27. The van der Waals surface area contributed by atoms with Gasteiger partial charge in [-0.15, -0.1) is 0 Å². The zero-order valence-electron chi connectivity index (χ0n) is 21.8. The fourth-order valence-electron chi connectivity index (χ4n) is 4.34. The normalized spacial score (nSPS) is 12.5. The predicted molar refractivity (Wildman–Crippen MR) is 138 cm³/mol. The van der Waals surface area contributed by atoms with Gasteiger partial charge in [-0.2, -0.15) is 0 Å². The average molecular weight is 477 g/mol. The summed E-state index contributed by atoms with van der Waals surface area (Å²) < 4.78 is 32.9. The summed E-state index contributed by atoms with van der Waals surface area (Å²) in [7, 11) is 0.134. The van der Waals surface area contributed by atoms with Crippen molar-refractivity contribution >= 4 is 10.1 Å². The molecule has 0 aromatic carbocycles. The Morgan fingerprint density at radius 3 is 1.41 bits per heavy atom. The van der Waals surface area contributed by atoms with Crippen LogP contribution in [0.1, 0.15) is 122 Å². The number of rotatable bonds is 25. The van der Waals surface area contributed by atoms with E-state index in [0.29, 0.717) is 6.42 Å². The molecular formula is C26H56N2O3S. The summed E-state index contributed by atoms with van der Waals surface area (Å²) in [6.07, 6.45) is 24.0. The molecule has 0 saturated heterocycles. The summed E-state index contributed by atoms with van der Waals surface area (Å²) in [5, 5.41) is 3.53. The minimum atomic E-state index is -4.07. The second kappa shape index (κ2) is 21.4. The first-order valence-corrected chi connectivity index (χ1v) is 15.3. The summed E-state index contributed by atoms with van der Waals surface area (Å²) in [5.74, 6) is -0.244. The van der Waals surface area contributed by atoms with Crippen molar-refractivity contribution in [3.05, 3.63) is 0 Å². The molecule has 0 bridgehead atoms. The first kappa shape index (κ1) is 31.8. The highest BCUT2D eigenvalue weighted by atomic mass is 32.2. The van der Waals surface area contributed by atoms with Crippen molar-refractivity contribution in [2.45, 2.75) is 122 Å². The van der Waals surface area contributed by atoms with Gasteiger partial charge in [0.2, 0.25) is 0 Å². The largest absolute Gasteiger partial charge is 0.748 e. The van der Waals surface area contributed by atoms with E-state index in [1.807, 2.05) is 0 Å². The molecule has 32 heavy (non-hydrogen) atoms. The Kier molecular flexibility index (Phi) is 21.3. The van der Waals surface area contributed by atoms with Gasteiger partial charge in [0.15, 0.2) is 0 Å². The van der Waals surface area contributed by atoms with Crippen LogP contribution in [-0.4, -0.2) is 63.5 Å². The first-order chi connectivity index (χ1) is 15.3. The topological polar surface area (TPSA) is 69.2 Å². The van der Waals surface area contributed by atoms with Gasteiger partial charge >= 0.3 is 0 Å². The Morgan fingerprint density at radius 2 is 0.969 bits per heavy atom. The van der Waals surface area contributed by atoms with Crippen molar-refractivity contribution in [1.29, 1.82) is 0 Å². The lowest BCUT2D eigenvalue weighted by atomic mass is 10.0. The van der Waals surface area contributed by atoms with E-state index in [2.05, 4.69) is 26.3 Å². The maximum Gasteiger partial charge on any atom is 0.0948 e. The second-order valence-corrected chi connectivity index (χ2v) is 11.9. The summed E-state index contributed by atoms with van der Waals surface area (Å²) >= 11 is 0. The zero-order chi connectivity index (χ0) is 24.0. The number of nitrogens with zero attached hydrogens (tertiary/aromatic N) is 1. The quantitative estimate of drug-likeness (QED) is 0.0962. The average Bonchev–Trinajstić information content (AvgIpc) is 2.71. The number of nitrogens with one attached hydrogen (secondary N) is 1. The molecule has 0 saturated carbocycles. The van der Waals surface area contributed by atoms with Crippen molar-refractivity contribution in [1.82, 2.24) is 5.32 Å². The maximum atomic E-state index is 10.7. The Balaban J connectivity index is 3.25. The van der Waals surface area contributed by atoms with Crippen LogP contribution in [0.15, 0.2) is 0 Å². The van der Waals surface area contributed by atoms with Crippen molar-refractivity contribution in [2.75, 3.05) is 46.0 Å². The van der Waals surface area contributed by atoms with E-state index in [0.717, 1.165) is 37.1 Å². The van der Waals surface area contributed by atoms with Gasteiger partial charge in [-0.05, 0) is 13.0 Å². The van der Waals surface area contributed by atoms with Gasteiger partial charge in [0.1, 0.15) is 0 Å². The standard InChI is InChI=1S/C26H56N2O3S/c1-4-5-6-7-8-9-10-11-12-13-14-15-16-17-18-19-22-27-23-20-24-28(2,3)25-21-26-32(29,30)31/h27H,4-26H2,1-3H3. The maximum absolute atomic E-state index is 10.7. The molecule has 0 heterocycles. The van der Waals surface area contributed by atoms with Crippen LogP contribution in [0, 0.1) is 0 Å². The number of quaternary nitrogens is 1. The summed E-state index contributed by atoms with van der Waals surface area (Å²) in [6, 6.07) is 0. The lowest BCUT2D eigenvalue weighted by Crippen LogP contribution is -2.42. The number of hydrogen-bond donors (Lipinski definition) is 1. The molecule has 0 aliphatic heterocycles. The highest BCUT2D eigenvalue weighted by Crippen LogP contribution is 2.13. The molecular weight excluding hydrogens is 420 g/mol. The van der Waals surface area contributed by atoms with Crippen LogP contribution in [0.4, 0.5) is 0 Å². The van der Waals surface area contributed by atoms with Gasteiger partial charge < -0.3 is 14.4 Å². The minimum Gasteiger partial charge on any atom is -0.748 e. The molecule has 1 N–H and O–H groups in total. The van der Waals surface area contributed by atoms with Crippen LogP contribution in [0.2, 0.25) is 0 Å². The second-order valence-electron chi connectivity index (χ2n) is 10.4. The monoisotopic (exact) mass is 476 g/mol. The molecule has 0 aliphatic rings. The van der Waals surface area contributed by atoms with Crippen LogP contribution in [0.5, 0.6) is 0 Å². The van der Waals surface area contributed by atoms with Crippen LogP contribution in [-0.2, 0) is 10.1 Å². The SMILES string of the molecule is CCCCCCCCCCCCCCCCCCNCCC[N+](C)(C)CCCS(=O)(=O)[O-]. The lowest BCUT2D eigenvalue weighted by Gasteiger charge is -2.30. The van der Waals surface area contributed by atoms with Crippen LogP contribution in [0.25, 0.3) is 0 Å². The van der Waals surface area contributed by atoms with Crippen molar-refractivity contribution in [2.24, 2.45) is 0 Å². The van der Waals surface area contributed by atoms with E-state index in [4.69, 9.17) is 0 Å². The molecule has 0 unspecified atom stereocenters. The molecule has 0 aromatic rings. The highest BCUT2D eigenvalue weighted by molar-refractivity contribution is 7.85. The zero-order valence-corrected chi connectivity index (χ0v) is 22.7. The number of hydrogen-bond acceptors (Lipinski definition) is 4. The third-order valence-electron chi connectivity index (χ3n) is 6.48. The van der Waals surface area contributed by atoms with Crippen molar-refractivity contribution in [3.8, 4) is 0 Å². The lowest BCUT2D eigenvalue weighted by molar-refractivity contribution is -0.890. The molecule has 0 spiro atoms. The molecule has 0 rings (SSSR count). The van der Waals surface area contributed by atoms with Crippen molar-refractivity contribution in [3.63, 3.8) is 0 Å². The van der Waals surface area contributed by atoms with Gasteiger partial charge in [0.25, 0.3) is 0 Å². The molecule has 194 valence electrons. The van der Waals surface area contributed by atoms with Gasteiger partial charge in [0.05, 0.1) is 37.3 Å². The van der Waals surface area contributed by atoms with Crippen LogP contribution < -0.4 is 5.32 Å². The first-order valence-electron chi connectivity index (χ1n) is 13.7. The van der Waals surface area contributed by atoms with Crippen LogP contribution in [0.3, 0.4) is 0 Å². The predicted octanol–water partition coefficient (Wildman–Crippen LogP) is 6.24. The Bertz CT molecular complexity index is 495. The van der Waals surface area contributed by atoms with E-state index >= 15 is 0 Å². The van der Waals surface area contributed by atoms with E-state index in [9.17, 15) is 13.0 Å². The summed E-state index contributed by atoms with van der Waals surface area (Å²) in [6.45, 7) is 6.14. The molecule has 0 atom stereocenters. The smallest absolute Gasteiger partial charge is 0.0948 e. The Hall–Kier alpha value is -0.170. The molecule has 0 amide bonds. The Labute approximate surface area is 201 Å². The van der Waals surface area contributed by atoms with E-state index in [-0.39, 0.29) is 5.75 Å². The molecule has 0 radical (unpaired) electrons. The number of unbranched alkanes of at least 4 members (excludes halogenated alkanes) is 15. The molecule has 5 nitrogen and oxygen atoms in total. The third kappa shape index (κ3) is 26.1. The minimum absolute atomic E-state index is 0.244.